The normalized spacial score (nSPS) is 21.0. The van der Waals surface area contributed by atoms with Crippen LogP contribution in [0.5, 0.6) is 0 Å². The van der Waals surface area contributed by atoms with E-state index in [0.29, 0.717) is 32.4 Å². The van der Waals surface area contributed by atoms with E-state index in [9.17, 15) is 27.6 Å². The molecule has 4 saturated heterocycles. The number of nitrogens with zero attached hydrogens (tertiary/aromatic N) is 5. The number of hydrogen-bond donors (Lipinski definition) is 2. The summed E-state index contributed by atoms with van der Waals surface area (Å²) in [4.78, 5) is 66.5. The number of halogens is 3. The molecular weight excluding hydrogens is 617 g/mol. The fraction of sp³-hybridized carbons (Fsp3) is 0.517. The quantitative estimate of drug-likeness (QED) is 0.461. The first kappa shape index (κ1) is 34.5. The molecule has 0 unspecified atom stereocenters. The Balaban J connectivity index is 0.000000180. The number of pyridine rings is 2. The van der Waals surface area contributed by atoms with Crippen LogP contribution in [0, 0.1) is 0 Å². The lowest BCUT2D eigenvalue weighted by molar-refractivity contribution is -0.192. The molecule has 17 heteroatoms. The van der Waals surface area contributed by atoms with Crippen molar-refractivity contribution in [3.63, 3.8) is 0 Å². The Morgan fingerprint density at radius 1 is 0.913 bits per heavy atom. The van der Waals surface area contributed by atoms with E-state index in [2.05, 4.69) is 15.4 Å². The summed E-state index contributed by atoms with van der Waals surface area (Å²) in [6.45, 7) is 8.11. The topological polar surface area (TPSA) is 164 Å². The molecule has 2 aromatic heterocycles. The smallest absolute Gasteiger partial charge is 0.475 e. The van der Waals surface area contributed by atoms with Gasteiger partial charge in [-0.15, -0.1) is 0 Å². The van der Waals surface area contributed by atoms with E-state index in [1.165, 1.54) is 5.06 Å². The molecule has 250 valence electrons. The van der Waals surface area contributed by atoms with Crippen LogP contribution >= 0.6 is 0 Å². The van der Waals surface area contributed by atoms with Gasteiger partial charge < -0.3 is 24.5 Å². The summed E-state index contributed by atoms with van der Waals surface area (Å²) < 4.78 is 37.1. The van der Waals surface area contributed by atoms with Gasteiger partial charge in [0, 0.05) is 44.7 Å². The fourth-order valence-electron chi connectivity index (χ4n) is 4.62. The highest BCUT2D eigenvalue weighted by Gasteiger charge is 2.38. The number of hydroxylamine groups is 3. The van der Waals surface area contributed by atoms with E-state index in [0.717, 1.165) is 42.1 Å². The summed E-state index contributed by atoms with van der Waals surface area (Å²) in [5, 5.41) is 8.39. The second-order valence-corrected chi connectivity index (χ2v) is 11.6. The predicted molar refractivity (Wildman–Crippen MR) is 154 cm³/mol. The van der Waals surface area contributed by atoms with Gasteiger partial charge in [0.15, 0.2) is 0 Å². The number of nitrogens with one attached hydrogen (secondary N) is 1. The number of carbonyl (C=O) groups excluding carboxylic acids is 3. The van der Waals surface area contributed by atoms with Crippen molar-refractivity contribution in [1.82, 2.24) is 20.5 Å². The number of alkyl halides is 3. The summed E-state index contributed by atoms with van der Waals surface area (Å²) >= 11 is 0. The highest BCUT2D eigenvalue weighted by atomic mass is 19.4. The summed E-state index contributed by atoms with van der Waals surface area (Å²) in [5.41, 5.74) is 5.92. The highest BCUT2D eigenvalue weighted by Crippen LogP contribution is 2.34. The van der Waals surface area contributed by atoms with E-state index in [1.807, 2.05) is 39.1 Å². The minimum Gasteiger partial charge on any atom is -0.475 e. The zero-order valence-corrected chi connectivity index (χ0v) is 25.5. The second-order valence-electron chi connectivity index (χ2n) is 11.6. The van der Waals surface area contributed by atoms with Crippen molar-refractivity contribution in [2.24, 2.45) is 0 Å². The molecule has 2 N–H and O–H groups in total. The van der Waals surface area contributed by atoms with E-state index >= 15 is 0 Å². The molecule has 6 rings (SSSR count). The van der Waals surface area contributed by atoms with Crippen molar-refractivity contribution < 1.29 is 51.9 Å². The zero-order valence-electron chi connectivity index (χ0n) is 25.5. The van der Waals surface area contributed by atoms with Crippen molar-refractivity contribution >= 4 is 35.3 Å². The van der Waals surface area contributed by atoms with Crippen LogP contribution in [-0.4, -0.2) is 82.1 Å². The molecule has 4 aliphatic rings. The predicted octanol–water partition coefficient (Wildman–Crippen LogP) is 3.85. The van der Waals surface area contributed by atoms with Gasteiger partial charge in [-0.2, -0.15) is 23.7 Å². The molecule has 0 saturated carbocycles. The van der Waals surface area contributed by atoms with Gasteiger partial charge in [0.05, 0.1) is 49.1 Å². The van der Waals surface area contributed by atoms with Crippen LogP contribution < -0.4 is 15.3 Å². The van der Waals surface area contributed by atoms with Crippen molar-refractivity contribution in [3.8, 4) is 0 Å². The van der Waals surface area contributed by atoms with Crippen molar-refractivity contribution in [2.75, 3.05) is 36.1 Å². The maximum absolute atomic E-state index is 12.3. The number of ether oxygens (including phenoxy) is 1. The first-order valence-electron chi connectivity index (χ1n) is 14.5. The lowest BCUT2D eigenvalue weighted by atomic mass is 10.1. The van der Waals surface area contributed by atoms with Gasteiger partial charge >= 0.3 is 18.2 Å². The number of aliphatic carboxylic acids is 1. The van der Waals surface area contributed by atoms with Crippen LogP contribution in [-0.2, 0) is 28.8 Å². The Labute approximate surface area is 262 Å². The molecule has 0 aromatic carbocycles. The standard InChI is InChI=1S/C16H21N3O4.C11H13N3O2.C2HF3O2/c1-16(2,3)23-15(21)19-13(5-7-22-19)11-8-12(10-17-9-11)18-6-4-14(18)20;15-11-1-3-14(11)9-5-8(6-12-7-9)10-2-4-16-13-10;3-2(4,5)1(6)7/h8-10,13H,4-7H2,1-3H3;5-7,10,13H,1-4H2;(H,6,7)/t13-;10-;/m00./s1. The van der Waals surface area contributed by atoms with Crippen molar-refractivity contribution in [3.05, 3.63) is 48.0 Å². The Hall–Kier alpha value is -4.35. The number of amides is 3. The molecule has 2 aromatic rings. The van der Waals surface area contributed by atoms with Crippen LogP contribution in [0.2, 0.25) is 0 Å². The lowest BCUT2D eigenvalue weighted by Gasteiger charge is -2.31. The first-order chi connectivity index (χ1) is 21.6. The Morgan fingerprint density at radius 3 is 1.89 bits per heavy atom. The summed E-state index contributed by atoms with van der Waals surface area (Å²) in [6.07, 6.45) is 4.15. The zero-order chi connectivity index (χ0) is 33.6. The third-order valence-electron chi connectivity index (χ3n) is 7.06. The van der Waals surface area contributed by atoms with Gasteiger partial charge in [0.2, 0.25) is 11.8 Å². The average molecular weight is 653 g/mol. The first-order valence-corrected chi connectivity index (χ1v) is 14.5. The van der Waals surface area contributed by atoms with E-state index in [1.54, 1.807) is 28.4 Å². The maximum atomic E-state index is 12.3. The number of hydrogen-bond acceptors (Lipinski definition) is 10. The Kier molecular flexibility index (Phi) is 10.8. The van der Waals surface area contributed by atoms with Gasteiger partial charge in [-0.3, -0.25) is 24.4 Å². The third kappa shape index (κ3) is 8.88. The highest BCUT2D eigenvalue weighted by molar-refractivity contribution is 5.99. The number of aromatic nitrogens is 2. The van der Waals surface area contributed by atoms with E-state index in [4.69, 9.17) is 24.3 Å². The number of carbonyl (C=O) groups is 4. The van der Waals surface area contributed by atoms with Gasteiger partial charge in [-0.05, 0) is 50.5 Å². The van der Waals surface area contributed by atoms with Gasteiger partial charge in [0.25, 0.3) is 0 Å². The molecule has 6 heterocycles. The third-order valence-corrected chi connectivity index (χ3v) is 7.06. The molecule has 4 fully saturated rings. The number of β-lactam (4-membered cyclic amide) rings is 2. The molecule has 3 amide bonds. The molecular formula is C29H35F3N6O8. The van der Waals surface area contributed by atoms with Crippen molar-refractivity contribution in [2.45, 2.75) is 70.3 Å². The van der Waals surface area contributed by atoms with E-state index in [-0.39, 0.29) is 23.9 Å². The Morgan fingerprint density at radius 2 is 1.46 bits per heavy atom. The summed E-state index contributed by atoms with van der Waals surface area (Å²) in [5.74, 6) is -2.49. The van der Waals surface area contributed by atoms with Crippen LogP contribution in [0.25, 0.3) is 0 Å². The van der Waals surface area contributed by atoms with E-state index < -0.39 is 23.8 Å². The molecule has 0 radical (unpaired) electrons. The van der Waals surface area contributed by atoms with Crippen LogP contribution in [0.4, 0.5) is 29.3 Å². The van der Waals surface area contributed by atoms with Crippen molar-refractivity contribution in [1.29, 1.82) is 0 Å². The van der Waals surface area contributed by atoms with Gasteiger partial charge in [-0.25, -0.2) is 9.59 Å². The van der Waals surface area contributed by atoms with Crippen LogP contribution in [0.15, 0.2) is 36.9 Å². The molecule has 4 aliphatic heterocycles. The maximum Gasteiger partial charge on any atom is 0.490 e. The van der Waals surface area contributed by atoms with Crippen LogP contribution in [0.3, 0.4) is 0 Å². The molecule has 46 heavy (non-hydrogen) atoms. The van der Waals surface area contributed by atoms with Gasteiger partial charge in [-0.1, -0.05) is 0 Å². The molecule has 0 bridgehead atoms. The molecule has 0 spiro atoms. The lowest BCUT2D eigenvalue weighted by Crippen LogP contribution is -2.43. The van der Waals surface area contributed by atoms with Gasteiger partial charge in [0.1, 0.15) is 5.60 Å². The minimum atomic E-state index is -5.08. The fourth-order valence-corrected chi connectivity index (χ4v) is 4.62. The number of anilines is 2. The largest absolute Gasteiger partial charge is 0.490 e. The minimum absolute atomic E-state index is 0.0932. The number of rotatable bonds is 4. The molecule has 14 nitrogen and oxygen atoms in total. The molecule has 0 aliphatic carbocycles. The Bertz CT molecular complexity index is 1430. The number of carboxylic acid groups (broad SMARTS) is 1. The summed E-state index contributed by atoms with van der Waals surface area (Å²) in [7, 11) is 0. The summed E-state index contributed by atoms with van der Waals surface area (Å²) in [6, 6.07) is 3.84. The van der Waals surface area contributed by atoms with Crippen LogP contribution in [0.1, 0.15) is 69.7 Å². The second kappa shape index (κ2) is 14.4. The average Bonchev–Trinajstić information content (AvgIpc) is 3.69. The monoisotopic (exact) mass is 652 g/mol. The SMILES string of the molecule is CC(C)(C)OC(=O)N1OCC[C@H]1c1cncc(N2CCC2=O)c1.O=C(O)C(F)(F)F.O=C1CCN1c1cncc([C@@H]2CCON2)c1. The molecule has 2 atom stereocenters. The number of carboxylic acids is 1.